The molecule has 1 aliphatic rings. The van der Waals surface area contributed by atoms with E-state index >= 15 is 0 Å². The third-order valence-electron chi connectivity index (χ3n) is 6.05. The van der Waals surface area contributed by atoms with Crippen LogP contribution in [0.3, 0.4) is 0 Å². The molecule has 0 saturated carbocycles. The molecule has 0 saturated heterocycles. The highest BCUT2D eigenvalue weighted by Crippen LogP contribution is 2.37. The fourth-order valence-electron chi connectivity index (χ4n) is 4.56. The van der Waals surface area contributed by atoms with Gasteiger partial charge in [-0.1, -0.05) is 35.9 Å². The van der Waals surface area contributed by atoms with Crippen molar-refractivity contribution < 1.29 is 13.6 Å². The summed E-state index contributed by atoms with van der Waals surface area (Å²) in [7, 11) is 0. The van der Waals surface area contributed by atoms with Crippen LogP contribution in [0.25, 0.3) is 5.69 Å². The van der Waals surface area contributed by atoms with E-state index in [0.717, 1.165) is 34.1 Å². The molecule has 4 nitrogen and oxygen atoms in total. The van der Waals surface area contributed by atoms with Crippen LogP contribution in [0.5, 0.6) is 0 Å². The molecule has 1 atom stereocenters. The lowest BCUT2D eigenvalue weighted by Gasteiger charge is -2.31. The summed E-state index contributed by atoms with van der Waals surface area (Å²) in [5.41, 5.74) is 5.72. The van der Waals surface area contributed by atoms with Gasteiger partial charge in [-0.2, -0.15) is 0 Å². The molecule has 0 fully saturated rings. The van der Waals surface area contributed by atoms with E-state index < -0.39 is 17.7 Å². The molecule has 166 valence electrons. The number of nitrogens with one attached hydrogen (secondary N) is 1. The van der Waals surface area contributed by atoms with Gasteiger partial charge in [0.25, 0.3) is 0 Å². The van der Waals surface area contributed by atoms with Crippen LogP contribution >= 0.6 is 0 Å². The van der Waals surface area contributed by atoms with Gasteiger partial charge >= 0.3 is 6.03 Å². The van der Waals surface area contributed by atoms with E-state index in [0.29, 0.717) is 11.3 Å². The monoisotopic (exact) mass is 443 g/mol. The predicted octanol–water partition coefficient (Wildman–Crippen LogP) is 6.51. The Bertz CT molecular complexity index is 1340. The maximum Gasteiger partial charge on any atom is 0.322 e. The van der Waals surface area contributed by atoms with Crippen LogP contribution in [0, 0.1) is 25.5 Å². The van der Waals surface area contributed by atoms with Gasteiger partial charge in [0.1, 0.15) is 11.6 Å². The number of aryl methyl sites for hydroxylation is 2. The predicted molar refractivity (Wildman–Crippen MR) is 124 cm³/mol. The van der Waals surface area contributed by atoms with Crippen molar-refractivity contribution in [3.8, 4) is 5.69 Å². The van der Waals surface area contributed by atoms with Crippen molar-refractivity contribution in [2.45, 2.75) is 26.4 Å². The number of carbonyl (C=O) groups excluding carboxylic acids is 1. The zero-order chi connectivity index (χ0) is 23.1. The second kappa shape index (κ2) is 8.20. The molecular weight excluding hydrogens is 420 g/mol. The average molecular weight is 443 g/mol. The van der Waals surface area contributed by atoms with Crippen LogP contribution in [0.4, 0.5) is 19.3 Å². The van der Waals surface area contributed by atoms with Gasteiger partial charge in [0.05, 0.1) is 18.3 Å². The molecule has 4 aromatic rings. The number of fused-ring (bicyclic) bond motifs is 3. The van der Waals surface area contributed by atoms with Gasteiger partial charge in [0.15, 0.2) is 0 Å². The zero-order valence-electron chi connectivity index (χ0n) is 18.3. The van der Waals surface area contributed by atoms with Crippen molar-refractivity contribution in [2.75, 3.05) is 5.32 Å². The molecular formula is C27H23F2N3O. The molecule has 2 heterocycles. The van der Waals surface area contributed by atoms with Gasteiger partial charge in [-0.05, 0) is 66.9 Å². The lowest BCUT2D eigenvalue weighted by molar-refractivity contribution is 0.194. The zero-order valence-corrected chi connectivity index (χ0v) is 18.3. The van der Waals surface area contributed by atoms with E-state index in [1.807, 2.05) is 79.2 Å². The van der Waals surface area contributed by atoms with Crippen molar-refractivity contribution in [1.82, 2.24) is 9.47 Å². The number of urea groups is 1. The van der Waals surface area contributed by atoms with Crippen molar-refractivity contribution >= 4 is 11.7 Å². The smallest absolute Gasteiger partial charge is 0.318 e. The Morgan fingerprint density at radius 2 is 1.70 bits per heavy atom. The lowest BCUT2D eigenvalue weighted by atomic mass is 10.0. The molecule has 3 aromatic carbocycles. The average Bonchev–Trinajstić information content (AvgIpc) is 3.19. The molecule has 2 amide bonds. The van der Waals surface area contributed by atoms with Crippen molar-refractivity contribution in [1.29, 1.82) is 0 Å². The highest BCUT2D eigenvalue weighted by molar-refractivity contribution is 5.91. The molecule has 0 aliphatic carbocycles. The van der Waals surface area contributed by atoms with Crippen LogP contribution in [0.15, 0.2) is 79.0 Å². The fraction of sp³-hybridized carbons (Fsp3) is 0.148. The highest BCUT2D eigenvalue weighted by Gasteiger charge is 2.33. The summed E-state index contributed by atoms with van der Waals surface area (Å²) in [5.74, 6) is -1.36. The minimum Gasteiger partial charge on any atom is -0.318 e. The number of benzene rings is 3. The van der Waals surface area contributed by atoms with Gasteiger partial charge in [0, 0.05) is 23.6 Å². The third-order valence-corrected chi connectivity index (χ3v) is 6.05. The Balaban J connectivity index is 1.65. The van der Waals surface area contributed by atoms with Crippen LogP contribution < -0.4 is 5.32 Å². The molecule has 5 rings (SSSR count). The maximum atomic E-state index is 14.2. The van der Waals surface area contributed by atoms with Crippen LogP contribution in [-0.2, 0) is 6.54 Å². The number of nitrogens with zero attached hydrogens (tertiary/aromatic N) is 2. The number of anilines is 1. The molecule has 1 N–H and O–H groups in total. The summed E-state index contributed by atoms with van der Waals surface area (Å²) >= 11 is 0. The van der Waals surface area contributed by atoms with Crippen LogP contribution in [-0.4, -0.2) is 15.5 Å². The molecule has 1 aliphatic heterocycles. The Morgan fingerprint density at radius 3 is 2.45 bits per heavy atom. The summed E-state index contributed by atoms with van der Waals surface area (Å²) in [4.78, 5) is 15.3. The van der Waals surface area contributed by atoms with Gasteiger partial charge in [0.2, 0.25) is 0 Å². The number of para-hydroxylation sites is 1. The number of halogens is 2. The number of rotatable bonds is 2. The minimum atomic E-state index is -0.691. The minimum absolute atomic E-state index is 0.275. The summed E-state index contributed by atoms with van der Waals surface area (Å²) in [6.07, 6.45) is 1.91. The molecule has 0 bridgehead atoms. The Morgan fingerprint density at radius 1 is 0.939 bits per heavy atom. The third kappa shape index (κ3) is 3.89. The number of hydrogen-bond donors (Lipinski definition) is 1. The largest absolute Gasteiger partial charge is 0.322 e. The quantitative estimate of drug-likeness (QED) is 0.377. The lowest BCUT2D eigenvalue weighted by Crippen LogP contribution is -2.38. The molecule has 1 aromatic heterocycles. The normalized spacial score (nSPS) is 14.9. The van der Waals surface area contributed by atoms with Gasteiger partial charge in [-0.15, -0.1) is 0 Å². The highest BCUT2D eigenvalue weighted by atomic mass is 19.1. The number of carbonyl (C=O) groups is 1. The van der Waals surface area contributed by atoms with Crippen molar-refractivity contribution in [2.24, 2.45) is 0 Å². The first-order valence-electron chi connectivity index (χ1n) is 10.8. The molecule has 1 unspecified atom stereocenters. The van der Waals surface area contributed by atoms with E-state index in [-0.39, 0.29) is 12.6 Å². The first-order valence-corrected chi connectivity index (χ1v) is 10.8. The van der Waals surface area contributed by atoms with Gasteiger partial charge in [-0.3, -0.25) is 0 Å². The molecule has 33 heavy (non-hydrogen) atoms. The number of aromatic nitrogens is 1. The molecule has 0 radical (unpaired) electrons. The van der Waals surface area contributed by atoms with E-state index in [4.69, 9.17) is 0 Å². The van der Waals surface area contributed by atoms with Gasteiger partial charge < -0.3 is 14.8 Å². The van der Waals surface area contributed by atoms with Crippen LogP contribution in [0.2, 0.25) is 0 Å². The standard InChI is InChI=1S/C27H23F2N3O/c1-17-9-10-23(18(2)12-17)30-27(33)32-16-19-6-3-4-7-24(19)31-11-5-8-25(31)26(32)20-13-21(28)15-22(29)14-20/h3-15,26H,16H2,1-2H3,(H,30,33). The van der Waals surface area contributed by atoms with E-state index in [9.17, 15) is 13.6 Å². The first-order chi connectivity index (χ1) is 15.9. The Kier molecular flexibility index (Phi) is 5.21. The van der Waals surface area contributed by atoms with E-state index in [2.05, 4.69) is 5.32 Å². The fourth-order valence-corrected chi connectivity index (χ4v) is 4.56. The summed E-state index contributed by atoms with van der Waals surface area (Å²) in [6.45, 7) is 4.20. The topological polar surface area (TPSA) is 37.3 Å². The summed E-state index contributed by atoms with van der Waals surface area (Å²) in [5, 5.41) is 3.01. The maximum absolute atomic E-state index is 14.2. The number of hydrogen-bond acceptors (Lipinski definition) is 1. The summed E-state index contributed by atoms with van der Waals surface area (Å²) < 4.78 is 30.5. The van der Waals surface area contributed by atoms with Gasteiger partial charge in [-0.25, -0.2) is 13.6 Å². The van der Waals surface area contributed by atoms with E-state index in [1.54, 1.807) is 4.90 Å². The SMILES string of the molecule is Cc1ccc(NC(=O)N2Cc3ccccc3-n3cccc3C2c2cc(F)cc(F)c2)c(C)c1. The second-order valence-electron chi connectivity index (χ2n) is 8.41. The van der Waals surface area contributed by atoms with Crippen molar-refractivity contribution in [3.63, 3.8) is 0 Å². The second-order valence-corrected chi connectivity index (χ2v) is 8.41. The summed E-state index contributed by atoms with van der Waals surface area (Å²) in [6, 6.07) is 19.7. The molecule has 0 spiro atoms. The first kappa shape index (κ1) is 20.9. The number of amides is 2. The van der Waals surface area contributed by atoms with Crippen LogP contribution in [0.1, 0.15) is 34.0 Å². The Labute approximate surface area is 191 Å². The molecule has 6 heteroatoms. The Hall–Kier alpha value is -3.93. The van der Waals surface area contributed by atoms with Crippen molar-refractivity contribution in [3.05, 3.63) is 119 Å². The van der Waals surface area contributed by atoms with E-state index in [1.165, 1.54) is 12.1 Å².